The Morgan fingerprint density at radius 2 is 2.35 bits per heavy atom. The molecule has 0 aromatic rings. The number of thioether (sulfide) groups is 1. The highest BCUT2D eigenvalue weighted by atomic mass is 32.2. The molecule has 0 saturated carbocycles. The molecule has 2 saturated heterocycles. The Morgan fingerprint density at radius 1 is 1.59 bits per heavy atom. The van der Waals surface area contributed by atoms with Gasteiger partial charge in [0.25, 0.3) is 0 Å². The summed E-state index contributed by atoms with van der Waals surface area (Å²) in [6.45, 7) is 4.74. The van der Waals surface area contributed by atoms with Crippen LogP contribution in [0.25, 0.3) is 0 Å². The quantitative estimate of drug-likeness (QED) is 0.733. The number of nitrogens with zero attached hydrogens (tertiary/aromatic N) is 1. The summed E-state index contributed by atoms with van der Waals surface area (Å²) in [4.78, 5) is 25.7. The van der Waals surface area contributed by atoms with E-state index < -0.39 is 0 Å². The molecule has 0 aromatic heterocycles. The average molecular weight is 257 g/mol. The molecule has 2 amide bonds. The van der Waals surface area contributed by atoms with Gasteiger partial charge in [0.1, 0.15) is 6.04 Å². The second-order valence-corrected chi connectivity index (χ2v) is 5.78. The maximum Gasteiger partial charge on any atom is 0.245 e. The van der Waals surface area contributed by atoms with Crippen molar-refractivity contribution in [3.05, 3.63) is 0 Å². The lowest BCUT2D eigenvalue weighted by atomic mass is 10.2. The summed E-state index contributed by atoms with van der Waals surface area (Å²) >= 11 is 1.71. The van der Waals surface area contributed by atoms with Gasteiger partial charge in [-0.2, -0.15) is 0 Å². The van der Waals surface area contributed by atoms with E-state index in [-0.39, 0.29) is 29.9 Å². The van der Waals surface area contributed by atoms with E-state index in [0.29, 0.717) is 0 Å². The molecule has 5 nitrogen and oxygen atoms in total. The second kappa shape index (κ2) is 5.27. The average Bonchev–Trinajstić information content (AvgIpc) is 2.89. The highest BCUT2D eigenvalue weighted by Crippen LogP contribution is 2.15. The third-order valence-corrected chi connectivity index (χ3v) is 4.15. The van der Waals surface area contributed by atoms with Crippen molar-refractivity contribution in [2.75, 3.05) is 18.2 Å². The van der Waals surface area contributed by atoms with Gasteiger partial charge in [-0.25, -0.2) is 0 Å². The van der Waals surface area contributed by atoms with E-state index in [0.717, 1.165) is 24.6 Å². The number of hydrogen-bond donors (Lipinski definition) is 2. The van der Waals surface area contributed by atoms with E-state index >= 15 is 0 Å². The van der Waals surface area contributed by atoms with Crippen molar-refractivity contribution in [3.8, 4) is 0 Å². The highest BCUT2D eigenvalue weighted by molar-refractivity contribution is 7.99. The SMILES string of the molecule is CC(C)N1CCC(NC(=O)C2CSCN2)C1=O. The number of carbonyl (C=O) groups is 2. The van der Waals surface area contributed by atoms with Gasteiger partial charge in [-0.05, 0) is 20.3 Å². The summed E-state index contributed by atoms with van der Waals surface area (Å²) in [6, 6.07) is -0.247. The largest absolute Gasteiger partial charge is 0.343 e. The third kappa shape index (κ3) is 2.74. The van der Waals surface area contributed by atoms with E-state index in [1.165, 1.54) is 0 Å². The molecule has 0 bridgehead atoms. The van der Waals surface area contributed by atoms with Crippen LogP contribution in [0, 0.1) is 0 Å². The lowest BCUT2D eigenvalue weighted by molar-refractivity contribution is -0.134. The Bertz CT molecular complexity index is 316. The van der Waals surface area contributed by atoms with Crippen LogP contribution >= 0.6 is 11.8 Å². The zero-order valence-corrected chi connectivity index (χ0v) is 11.0. The summed E-state index contributed by atoms with van der Waals surface area (Å²) in [7, 11) is 0. The van der Waals surface area contributed by atoms with Crippen LogP contribution in [-0.4, -0.2) is 53.0 Å². The molecular weight excluding hydrogens is 238 g/mol. The number of rotatable bonds is 3. The van der Waals surface area contributed by atoms with Crippen molar-refractivity contribution in [3.63, 3.8) is 0 Å². The van der Waals surface area contributed by atoms with Crippen LogP contribution in [0.5, 0.6) is 0 Å². The molecule has 0 aliphatic carbocycles. The molecule has 17 heavy (non-hydrogen) atoms. The lowest BCUT2D eigenvalue weighted by Gasteiger charge is -2.21. The summed E-state index contributed by atoms with van der Waals surface area (Å²) in [6.07, 6.45) is 0.725. The first-order chi connectivity index (χ1) is 8.09. The molecule has 2 fully saturated rings. The first-order valence-corrected chi connectivity index (χ1v) is 7.17. The Labute approximate surface area is 106 Å². The molecule has 0 spiro atoms. The molecule has 2 unspecified atom stereocenters. The van der Waals surface area contributed by atoms with Crippen LogP contribution in [0.2, 0.25) is 0 Å². The van der Waals surface area contributed by atoms with E-state index in [9.17, 15) is 9.59 Å². The molecule has 2 N–H and O–H groups in total. The molecule has 0 radical (unpaired) electrons. The number of hydrogen-bond acceptors (Lipinski definition) is 4. The minimum absolute atomic E-state index is 0.0426. The Hall–Kier alpha value is -0.750. The lowest BCUT2D eigenvalue weighted by Crippen LogP contribution is -2.49. The van der Waals surface area contributed by atoms with Gasteiger partial charge in [-0.15, -0.1) is 11.8 Å². The van der Waals surface area contributed by atoms with E-state index in [1.807, 2.05) is 18.7 Å². The number of nitrogens with one attached hydrogen (secondary N) is 2. The van der Waals surface area contributed by atoms with Crippen molar-refractivity contribution in [2.24, 2.45) is 0 Å². The fourth-order valence-electron chi connectivity index (χ4n) is 2.18. The van der Waals surface area contributed by atoms with Crippen LogP contribution in [0.1, 0.15) is 20.3 Å². The summed E-state index contributed by atoms with van der Waals surface area (Å²) in [5, 5.41) is 5.95. The standard InChI is InChI=1S/C11H19N3O2S/c1-7(2)14-4-3-8(11(14)16)13-10(15)9-5-17-6-12-9/h7-9,12H,3-6H2,1-2H3,(H,13,15). The van der Waals surface area contributed by atoms with Gasteiger partial charge in [0, 0.05) is 24.2 Å². The summed E-state index contributed by atoms with van der Waals surface area (Å²) < 4.78 is 0. The van der Waals surface area contributed by atoms with Gasteiger partial charge in [0.15, 0.2) is 0 Å². The minimum atomic E-state index is -0.322. The molecule has 6 heteroatoms. The molecule has 96 valence electrons. The van der Waals surface area contributed by atoms with Crippen LogP contribution < -0.4 is 10.6 Å². The van der Waals surface area contributed by atoms with Gasteiger partial charge in [0.05, 0.1) is 6.04 Å². The smallest absolute Gasteiger partial charge is 0.245 e. The fraction of sp³-hybridized carbons (Fsp3) is 0.818. The van der Waals surface area contributed by atoms with Gasteiger partial charge < -0.3 is 10.2 Å². The van der Waals surface area contributed by atoms with E-state index in [1.54, 1.807) is 11.8 Å². The summed E-state index contributed by atoms with van der Waals surface area (Å²) in [5.41, 5.74) is 0. The molecule has 0 aromatic carbocycles. The van der Waals surface area contributed by atoms with Gasteiger partial charge in [-0.3, -0.25) is 14.9 Å². The number of carbonyl (C=O) groups excluding carboxylic acids is 2. The Morgan fingerprint density at radius 3 is 2.88 bits per heavy atom. The molecule has 2 rings (SSSR count). The van der Waals surface area contributed by atoms with Gasteiger partial charge >= 0.3 is 0 Å². The second-order valence-electron chi connectivity index (χ2n) is 4.75. The highest BCUT2D eigenvalue weighted by Gasteiger charge is 2.35. The van der Waals surface area contributed by atoms with E-state index in [2.05, 4.69) is 10.6 Å². The first-order valence-electron chi connectivity index (χ1n) is 6.01. The van der Waals surface area contributed by atoms with Gasteiger partial charge in [-0.1, -0.05) is 0 Å². The van der Waals surface area contributed by atoms with Crippen molar-refractivity contribution in [1.29, 1.82) is 0 Å². The predicted molar refractivity (Wildman–Crippen MR) is 67.6 cm³/mol. The normalized spacial score (nSPS) is 29.1. The minimum Gasteiger partial charge on any atom is -0.343 e. The maximum absolute atomic E-state index is 12.0. The first kappa shape index (κ1) is 12.7. The number of likely N-dealkylation sites (tertiary alicyclic amines) is 1. The van der Waals surface area contributed by atoms with E-state index in [4.69, 9.17) is 0 Å². The maximum atomic E-state index is 12.0. The molecular formula is C11H19N3O2S. The zero-order chi connectivity index (χ0) is 12.4. The van der Waals surface area contributed by atoms with Crippen LogP contribution in [-0.2, 0) is 9.59 Å². The third-order valence-electron chi connectivity index (χ3n) is 3.21. The summed E-state index contributed by atoms with van der Waals surface area (Å²) in [5.74, 6) is 1.62. The monoisotopic (exact) mass is 257 g/mol. The zero-order valence-electron chi connectivity index (χ0n) is 10.2. The fourth-order valence-corrected chi connectivity index (χ4v) is 3.13. The topological polar surface area (TPSA) is 61.4 Å². The Balaban J connectivity index is 1.87. The molecule has 2 atom stereocenters. The van der Waals surface area contributed by atoms with Crippen molar-refractivity contribution in [1.82, 2.24) is 15.5 Å². The van der Waals surface area contributed by atoms with Crippen molar-refractivity contribution in [2.45, 2.75) is 38.4 Å². The van der Waals surface area contributed by atoms with Crippen molar-refractivity contribution >= 4 is 23.6 Å². The van der Waals surface area contributed by atoms with Crippen LogP contribution in [0.15, 0.2) is 0 Å². The molecule has 2 aliphatic heterocycles. The van der Waals surface area contributed by atoms with Crippen LogP contribution in [0.4, 0.5) is 0 Å². The Kier molecular flexibility index (Phi) is 3.93. The predicted octanol–water partition coefficient (Wildman–Crippen LogP) is -0.226. The van der Waals surface area contributed by atoms with Gasteiger partial charge in [0.2, 0.25) is 11.8 Å². The molecule has 2 heterocycles. The number of amides is 2. The van der Waals surface area contributed by atoms with Crippen LogP contribution in [0.3, 0.4) is 0 Å². The molecule has 2 aliphatic rings. The van der Waals surface area contributed by atoms with Crippen molar-refractivity contribution < 1.29 is 9.59 Å².